The number of carbonyl (C=O) groups is 2. The number of nitrogens with zero attached hydrogens (tertiary/aromatic N) is 4. The molecule has 3 rings (SSSR count). The van der Waals surface area contributed by atoms with Crippen molar-refractivity contribution in [1.29, 1.82) is 0 Å². The van der Waals surface area contributed by atoms with Crippen LogP contribution in [0.3, 0.4) is 0 Å². The number of hydrogen-bond donors (Lipinski definition) is 5. The number of aliphatic imine (C=N–C) groups is 3. The second-order valence-corrected chi connectivity index (χ2v) is 7.58. The van der Waals surface area contributed by atoms with Gasteiger partial charge in [-0.1, -0.05) is 0 Å². The maximum atomic E-state index is 12.2. The van der Waals surface area contributed by atoms with Gasteiger partial charge in [-0.2, -0.15) is 0 Å². The number of nitrogens with two attached hydrogens (primary N) is 2. The van der Waals surface area contributed by atoms with E-state index in [1.54, 1.807) is 4.90 Å². The van der Waals surface area contributed by atoms with Crippen LogP contribution in [0.4, 0.5) is 0 Å². The normalized spacial score (nSPS) is 32.8. The molecule has 0 amide bonds. The SMILES string of the molecule is NCCC(=O)CCC(=O)CCC1(N)N=CN=C2C1=NCN2[C@@H]1O[C@H](CO)[C@@H](O)[C@H]1O. The van der Waals surface area contributed by atoms with Crippen molar-refractivity contribution < 1.29 is 29.6 Å². The molecule has 1 fully saturated rings. The van der Waals surface area contributed by atoms with Crippen LogP contribution in [0.5, 0.6) is 0 Å². The molecule has 12 nitrogen and oxygen atoms in total. The van der Waals surface area contributed by atoms with E-state index in [-0.39, 0.29) is 56.9 Å². The van der Waals surface area contributed by atoms with Gasteiger partial charge in [-0.3, -0.25) is 14.6 Å². The number of ether oxygens (including phenoxy) is 1. The zero-order valence-corrected chi connectivity index (χ0v) is 16.6. The predicted molar refractivity (Wildman–Crippen MR) is 107 cm³/mol. The van der Waals surface area contributed by atoms with E-state index in [4.69, 9.17) is 16.2 Å². The van der Waals surface area contributed by atoms with Crippen LogP contribution in [-0.4, -0.2) is 99.7 Å². The van der Waals surface area contributed by atoms with Gasteiger partial charge in [0.05, 0.1) is 6.61 Å². The van der Waals surface area contributed by atoms with Crippen molar-refractivity contribution in [2.24, 2.45) is 26.4 Å². The fourth-order valence-electron chi connectivity index (χ4n) is 3.68. The van der Waals surface area contributed by atoms with Crippen molar-refractivity contribution in [3.05, 3.63) is 0 Å². The Labute approximate surface area is 173 Å². The number of ketones is 2. The van der Waals surface area contributed by atoms with Crippen molar-refractivity contribution in [2.75, 3.05) is 19.8 Å². The minimum absolute atomic E-state index is 0.0484. The highest BCUT2D eigenvalue weighted by atomic mass is 16.6. The van der Waals surface area contributed by atoms with E-state index in [0.717, 1.165) is 0 Å². The van der Waals surface area contributed by atoms with Crippen LogP contribution in [0.2, 0.25) is 0 Å². The molecule has 166 valence electrons. The Balaban J connectivity index is 1.61. The number of aliphatic hydroxyl groups is 3. The molecule has 1 unspecified atom stereocenters. The Morgan fingerprint density at radius 2 is 1.90 bits per heavy atom. The minimum Gasteiger partial charge on any atom is -0.394 e. The molecule has 12 heteroatoms. The number of amidine groups is 1. The second-order valence-electron chi connectivity index (χ2n) is 7.58. The lowest BCUT2D eigenvalue weighted by Gasteiger charge is -2.32. The molecule has 0 spiro atoms. The van der Waals surface area contributed by atoms with Gasteiger partial charge in [-0.15, -0.1) is 0 Å². The Morgan fingerprint density at radius 1 is 1.20 bits per heavy atom. The smallest absolute Gasteiger partial charge is 0.162 e. The summed E-state index contributed by atoms with van der Waals surface area (Å²) in [5.74, 6) is 0.184. The summed E-state index contributed by atoms with van der Waals surface area (Å²) < 4.78 is 5.55. The summed E-state index contributed by atoms with van der Waals surface area (Å²) in [6.07, 6.45) is -2.29. The van der Waals surface area contributed by atoms with Crippen LogP contribution in [0.15, 0.2) is 15.0 Å². The first-order valence-corrected chi connectivity index (χ1v) is 9.89. The molecule has 7 N–H and O–H groups in total. The molecule has 1 saturated heterocycles. The van der Waals surface area contributed by atoms with Crippen molar-refractivity contribution >= 4 is 29.5 Å². The Bertz CT molecular complexity index is 770. The number of Topliss-reactive ketones (excluding diaryl/α,β-unsaturated/α-hetero) is 2. The third kappa shape index (κ3) is 4.48. The van der Waals surface area contributed by atoms with Crippen molar-refractivity contribution in [3.63, 3.8) is 0 Å². The van der Waals surface area contributed by atoms with E-state index < -0.39 is 36.8 Å². The van der Waals surface area contributed by atoms with Gasteiger partial charge in [0.25, 0.3) is 0 Å². The third-order valence-electron chi connectivity index (χ3n) is 5.46. The van der Waals surface area contributed by atoms with Crippen molar-refractivity contribution in [2.45, 2.75) is 62.3 Å². The summed E-state index contributed by atoms with van der Waals surface area (Å²) in [6.45, 7) is -0.104. The second kappa shape index (κ2) is 9.37. The molecular weight excluding hydrogens is 396 g/mol. The van der Waals surface area contributed by atoms with E-state index in [1.807, 2.05) is 0 Å². The molecule has 0 bridgehead atoms. The van der Waals surface area contributed by atoms with Gasteiger partial charge < -0.3 is 36.4 Å². The monoisotopic (exact) mass is 424 g/mol. The maximum absolute atomic E-state index is 12.2. The molecule has 0 aromatic carbocycles. The molecule has 0 aliphatic carbocycles. The van der Waals surface area contributed by atoms with Gasteiger partial charge in [0.15, 0.2) is 17.7 Å². The minimum atomic E-state index is -1.28. The molecule has 3 aliphatic rings. The average Bonchev–Trinajstić information content (AvgIpc) is 3.28. The quantitative estimate of drug-likeness (QED) is 0.247. The topological polar surface area (TPSA) is 196 Å². The van der Waals surface area contributed by atoms with Crippen LogP contribution < -0.4 is 11.5 Å². The zero-order valence-electron chi connectivity index (χ0n) is 16.6. The first kappa shape index (κ1) is 22.6. The molecule has 3 aliphatic heterocycles. The Kier molecular flexibility index (Phi) is 7.06. The number of hydrogen-bond acceptors (Lipinski definition) is 12. The number of aliphatic hydroxyl groups excluding tert-OH is 3. The van der Waals surface area contributed by atoms with E-state index in [9.17, 15) is 24.9 Å². The third-order valence-corrected chi connectivity index (χ3v) is 5.46. The molecule has 3 heterocycles. The molecule has 0 aromatic heterocycles. The Morgan fingerprint density at radius 3 is 2.53 bits per heavy atom. The van der Waals surface area contributed by atoms with E-state index in [1.165, 1.54) is 6.34 Å². The lowest BCUT2D eigenvalue weighted by atomic mass is 9.94. The highest BCUT2D eigenvalue weighted by molar-refractivity contribution is 6.47. The number of rotatable bonds is 10. The first-order valence-electron chi connectivity index (χ1n) is 9.89. The van der Waals surface area contributed by atoms with Crippen molar-refractivity contribution in [1.82, 2.24) is 4.90 Å². The summed E-state index contributed by atoms with van der Waals surface area (Å²) in [6, 6.07) is 0. The van der Waals surface area contributed by atoms with E-state index in [2.05, 4.69) is 15.0 Å². The van der Waals surface area contributed by atoms with Crippen LogP contribution in [0.25, 0.3) is 0 Å². The summed E-state index contributed by atoms with van der Waals surface area (Å²) in [5, 5.41) is 29.6. The molecule has 0 radical (unpaired) electrons. The highest BCUT2D eigenvalue weighted by Crippen LogP contribution is 2.30. The van der Waals surface area contributed by atoms with Gasteiger partial charge in [0.1, 0.15) is 48.6 Å². The standard InChI is InChI=1S/C18H28N6O6/c19-6-4-11(27)2-1-10(26)3-5-18(20)15-16(21-8-23-18)24(9-22-15)17-14(29)13(28)12(7-25)30-17/h8,12-14,17,25,28-29H,1-7,9,19-20H2/t12-,13-,14-,17-,18?/m1/s1. The summed E-state index contributed by atoms with van der Waals surface area (Å²) in [4.78, 5) is 38.0. The van der Waals surface area contributed by atoms with Gasteiger partial charge in [-0.25, -0.2) is 9.98 Å². The van der Waals surface area contributed by atoms with Crippen LogP contribution in [-0.2, 0) is 14.3 Å². The average molecular weight is 424 g/mol. The van der Waals surface area contributed by atoms with Gasteiger partial charge in [0.2, 0.25) is 0 Å². The van der Waals surface area contributed by atoms with Gasteiger partial charge >= 0.3 is 0 Å². The highest BCUT2D eigenvalue weighted by Gasteiger charge is 2.50. The van der Waals surface area contributed by atoms with E-state index in [0.29, 0.717) is 11.5 Å². The van der Waals surface area contributed by atoms with E-state index >= 15 is 0 Å². The fraction of sp³-hybridized carbons (Fsp3) is 0.722. The summed E-state index contributed by atoms with van der Waals surface area (Å²) >= 11 is 0. The molecular formula is C18H28N6O6. The number of fused-ring (bicyclic) bond motifs is 1. The summed E-state index contributed by atoms with van der Waals surface area (Å²) in [5.41, 5.74) is 10.8. The zero-order chi connectivity index (χ0) is 21.9. The first-order chi connectivity index (χ1) is 14.3. The van der Waals surface area contributed by atoms with Gasteiger partial charge in [0, 0.05) is 25.7 Å². The fourth-order valence-corrected chi connectivity index (χ4v) is 3.68. The van der Waals surface area contributed by atoms with Crippen LogP contribution in [0.1, 0.15) is 32.1 Å². The predicted octanol–water partition coefficient (Wildman–Crippen LogP) is -2.72. The van der Waals surface area contributed by atoms with Crippen molar-refractivity contribution in [3.8, 4) is 0 Å². The lowest BCUT2D eigenvalue weighted by Crippen LogP contribution is -2.55. The molecule has 0 aromatic rings. The molecule has 5 atom stereocenters. The maximum Gasteiger partial charge on any atom is 0.162 e. The van der Waals surface area contributed by atoms with Crippen LogP contribution >= 0.6 is 0 Å². The van der Waals surface area contributed by atoms with Crippen LogP contribution in [0, 0.1) is 0 Å². The Hall–Kier alpha value is -2.09. The molecule has 0 saturated carbocycles. The van der Waals surface area contributed by atoms with Gasteiger partial charge in [-0.05, 0) is 13.0 Å². The largest absolute Gasteiger partial charge is 0.394 e. The summed E-state index contributed by atoms with van der Waals surface area (Å²) in [7, 11) is 0. The molecule has 30 heavy (non-hydrogen) atoms. The number of carbonyl (C=O) groups excluding carboxylic acids is 2. The lowest BCUT2D eigenvalue weighted by molar-refractivity contribution is -0.124.